The Morgan fingerprint density at radius 1 is 1.47 bits per heavy atom. The fraction of sp³-hybridized carbons (Fsp3) is 0.385. The maximum absolute atomic E-state index is 12.4. The van der Waals surface area contributed by atoms with Crippen LogP contribution in [0.15, 0.2) is 22.7 Å². The van der Waals surface area contributed by atoms with Gasteiger partial charge in [0.25, 0.3) is 0 Å². The van der Waals surface area contributed by atoms with Gasteiger partial charge in [-0.05, 0) is 40.9 Å². The summed E-state index contributed by atoms with van der Waals surface area (Å²) in [5.41, 5.74) is 7.19. The van der Waals surface area contributed by atoms with Crippen LogP contribution < -0.4 is 10.6 Å². The Balaban J connectivity index is 3.21. The molecule has 0 radical (unpaired) electrons. The first-order valence-corrected chi connectivity index (χ1v) is 6.83. The fourth-order valence-corrected chi connectivity index (χ4v) is 2.46. The van der Waals surface area contributed by atoms with Crippen LogP contribution in [0.25, 0.3) is 0 Å². The highest BCUT2D eigenvalue weighted by Crippen LogP contribution is 2.30. The van der Waals surface area contributed by atoms with Gasteiger partial charge in [-0.3, -0.25) is 15.2 Å². The molecule has 0 aliphatic carbocycles. The number of aryl methyl sites for hydroxylation is 1. The van der Waals surface area contributed by atoms with Crippen molar-refractivity contribution in [3.63, 3.8) is 0 Å². The molecule has 0 bridgehead atoms. The summed E-state index contributed by atoms with van der Waals surface area (Å²) in [5.74, 6) is -0.268. The van der Waals surface area contributed by atoms with Gasteiger partial charge in [-0.25, -0.2) is 4.79 Å². The van der Waals surface area contributed by atoms with Crippen LogP contribution >= 0.6 is 15.9 Å². The Kier molecular flexibility index (Phi) is 5.35. The van der Waals surface area contributed by atoms with Crippen LogP contribution in [0.5, 0.6) is 0 Å². The second-order valence-electron chi connectivity index (χ2n) is 4.28. The number of carbonyl (C=O) groups is 1. The Morgan fingerprint density at radius 2 is 2.11 bits per heavy atom. The zero-order valence-electron chi connectivity index (χ0n) is 11.4. The van der Waals surface area contributed by atoms with Crippen molar-refractivity contribution >= 4 is 33.6 Å². The Bertz CT molecular complexity index is 469. The van der Waals surface area contributed by atoms with Crippen LogP contribution in [-0.2, 0) is 0 Å². The van der Waals surface area contributed by atoms with Crippen molar-refractivity contribution in [2.45, 2.75) is 20.3 Å². The third kappa shape index (κ3) is 3.47. The minimum Gasteiger partial charge on any atom is -0.370 e. The number of nitrogens with zero attached hydrogens (tertiary/aromatic N) is 2. The number of benzene rings is 1. The summed E-state index contributed by atoms with van der Waals surface area (Å²) < 4.78 is 0.853. The molecule has 0 heterocycles. The molecule has 5 nitrogen and oxygen atoms in total. The molecule has 0 aliphatic heterocycles. The summed E-state index contributed by atoms with van der Waals surface area (Å²) in [7, 11) is 1.50. The summed E-state index contributed by atoms with van der Waals surface area (Å²) in [6.45, 7) is 4.52. The smallest absolute Gasteiger partial charge is 0.331 e. The van der Waals surface area contributed by atoms with E-state index in [4.69, 9.17) is 11.1 Å². The van der Waals surface area contributed by atoms with Crippen LogP contribution in [0.3, 0.4) is 0 Å². The summed E-state index contributed by atoms with van der Waals surface area (Å²) in [6.07, 6.45) is 0.818. The highest BCUT2D eigenvalue weighted by Gasteiger charge is 2.23. The molecule has 0 saturated carbocycles. The zero-order valence-corrected chi connectivity index (χ0v) is 13.0. The van der Waals surface area contributed by atoms with Gasteiger partial charge in [0.15, 0.2) is 5.96 Å². The van der Waals surface area contributed by atoms with E-state index in [0.29, 0.717) is 6.54 Å². The van der Waals surface area contributed by atoms with Gasteiger partial charge in [0.1, 0.15) is 0 Å². The number of anilines is 1. The van der Waals surface area contributed by atoms with Gasteiger partial charge in [-0.2, -0.15) is 0 Å². The second-order valence-corrected chi connectivity index (χ2v) is 5.14. The molecule has 1 aromatic rings. The third-order valence-electron chi connectivity index (χ3n) is 2.78. The van der Waals surface area contributed by atoms with E-state index < -0.39 is 0 Å². The van der Waals surface area contributed by atoms with Crippen molar-refractivity contribution in [3.8, 4) is 0 Å². The summed E-state index contributed by atoms with van der Waals surface area (Å²) in [5, 5.41) is 7.37. The van der Waals surface area contributed by atoms with E-state index in [1.807, 2.05) is 32.0 Å². The molecule has 0 spiro atoms. The highest BCUT2D eigenvalue weighted by molar-refractivity contribution is 9.10. The number of urea groups is 1. The summed E-state index contributed by atoms with van der Waals surface area (Å²) in [4.78, 5) is 15.2. The highest BCUT2D eigenvalue weighted by atomic mass is 79.9. The first-order chi connectivity index (χ1) is 8.90. The average Bonchev–Trinajstić information content (AvgIpc) is 2.35. The number of carbonyl (C=O) groups excluding carboxylic acids is 1. The fourth-order valence-electron chi connectivity index (χ4n) is 1.78. The molecule has 1 rings (SSSR count). The van der Waals surface area contributed by atoms with Crippen LogP contribution in [-0.4, -0.2) is 30.5 Å². The molecule has 0 aromatic heterocycles. The Hall–Kier alpha value is -1.56. The van der Waals surface area contributed by atoms with Gasteiger partial charge >= 0.3 is 6.03 Å². The van der Waals surface area contributed by atoms with Gasteiger partial charge < -0.3 is 5.73 Å². The number of rotatable bonds is 3. The molecule has 0 aliphatic rings. The van der Waals surface area contributed by atoms with E-state index in [1.54, 1.807) is 4.90 Å². The van der Waals surface area contributed by atoms with Crippen LogP contribution in [0, 0.1) is 12.3 Å². The van der Waals surface area contributed by atoms with Crippen molar-refractivity contribution < 1.29 is 4.79 Å². The first kappa shape index (κ1) is 15.5. The molecule has 19 heavy (non-hydrogen) atoms. The molecule has 104 valence electrons. The molecular weight excluding hydrogens is 308 g/mol. The Morgan fingerprint density at radius 3 is 2.58 bits per heavy atom. The lowest BCUT2D eigenvalue weighted by Crippen LogP contribution is -2.47. The minimum absolute atomic E-state index is 0.268. The largest absolute Gasteiger partial charge is 0.370 e. The molecule has 3 N–H and O–H groups in total. The Labute approximate surface area is 122 Å². The summed E-state index contributed by atoms with van der Waals surface area (Å²) >= 11 is 3.47. The van der Waals surface area contributed by atoms with Gasteiger partial charge in [-0.15, -0.1) is 0 Å². The number of halogens is 1. The SMILES string of the molecule is CCCN(C(=O)N(C)C(=N)N)c1c(C)cccc1Br. The van der Waals surface area contributed by atoms with E-state index in [0.717, 1.165) is 27.0 Å². The van der Waals surface area contributed by atoms with E-state index in [1.165, 1.54) is 7.05 Å². The van der Waals surface area contributed by atoms with E-state index in [2.05, 4.69) is 15.9 Å². The monoisotopic (exact) mass is 326 g/mol. The normalized spacial score (nSPS) is 10.1. The molecular formula is C13H19BrN4O. The molecule has 2 amide bonds. The predicted octanol–water partition coefficient (Wildman–Crippen LogP) is 2.92. The zero-order chi connectivity index (χ0) is 14.6. The van der Waals surface area contributed by atoms with Crippen molar-refractivity contribution in [2.75, 3.05) is 18.5 Å². The van der Waals surface area contributed by atoms with Gasteiger partial charge in [0.2, 0.25) is 0 Å². The maximum atomic E-state index is 12.4. The predicted molar refractivity (Wildman–Crippen MR) is 81.6 cm³/mol. The van der Waals surface area contributed by atoms with Gasteiger partial charge in [-0.1, -0.05) is 19.1 Å². The number of nitrogens with one attached hydrogen (secondary N) is 1. The molecule has 1 aromatic carbocycles. The van der Waals surface area contributed by atoms with Crippen molar-refractivity contribution in [2.24, 2.45) is 5.73 Å². The molecule has 0 atom stereocenters. The van der Waals surface area contributed by atoms with Crippen molar-refractivity contribution in [1.82, 2.24) is 4.90 Å². The van der Waals surface area contributed by atoms with Crippen LogP contribution in [0.4, 0.5) is 10.5 Å². The average molecular weight is 327 g/mol. The van der Waals surface area contributed by atoms with Crippen LogP contribution in [0.2, 0.25) is 0 Å². The number of guanidine groups is 1. The van der Waals surface area contributed by atoms with Gasteiger partial charge in [0.05, 0.1) is 5.69 Å². The molecule has 0 fully saturated rings. The van der Waals surface area contributed by atoms with Crippen molar-refractivity contribution in [1.29, 1.82) is 5.41 Å². The number of nitrogens with two attached hydrogens (primary N) is 1. The van der Waals surface area contributed by atoms with E-state index in [9.17, 15) is 4.79 Å². The van der Waals surface area contributed by atoms with Crippen LogP contribution in [0.1, 0.15) is 18.9 Å². The lowest BCUT2D eigenvalue weighted by molar-refractivity contribution is 0.232. The third-order valence-corrected chi connectivity index (χ3v) is 3.42. The lowest BCUT2D eigenvalue weighted by atomic mass is 10.2. The molecule has 6 heteroatoms. The van der Waals surface area contributed by atoms with Crippen molar-refractivity contribution in [3.05, 3.63) is 28.2 Å². The number of para-hydroxylation sites is 1. The number of amides is 2. The van der Waals surface area contributed by atoms with E-state index in [-0.39, 0.29) is 12.0 Å². The standard InChI is InChI=1S/C13H19BrN4O/c1-4-8-18(13(19)17(3)12(15)16)11-9(2)6-5-7-10(11)14/h5-7H,4,8H2,1-3H3,(H3,15,16). The first-order valence-electron chi connectivity index (χ1n) is 6.04. The lowest BCUT2D eigenvalue weighted by Gasteiger charge is -2.29. The maximum Gasteiger partial charge on any atom is 0.331 e. The number of hydrogen-bond acceptors (Lipinski definition) is 2. The van der Waals surface area contributed by atoms with Gasteiger partial charge in [0, 0.05) is 18.1 Å². The second kappa shape index (κ2) is 6.56. The molecule has 0 saturated heterocycles. The summed E-state index contributed by atoms with van der Waals surface area (Å²) in [6, 6.07) is 5.46. The topological polar surface area (TPSA) is 73.4 Å². The number of hydrogen-bond donors (Lipinski definition) is 2. The minimum atomic E-state index is -0.302. The molecule has 0 unspecified atom stereocenters. The quantitative estimate of drug-likeness (QED) is 0.662. The van der Waals surface area contributed by atoms with E-state index >= 15 is 0 Å².